The normalized spacial score (nSPS) is 15.2. The van der Waals surface area contributed by atoms with Crippen LogP contribution in [0.15, 0.2) is 73.6 Å². The standard InChI is InChI=1S/C29H30N6O/c1-20(30-12-16-34-14-2-3-15-34)21-4-7-24(8-5-21)33-26-10-11-27(35-17-13-31-28(26)35)22-6-9-25-23(18-22)19-32-29(25)36/h4-11,13,17-18,30,33H,1-3,12,14-16,19H2,(H,32,36). The van der Waals surface area contributed by atoms with Crippen LogP contribution in [0.3, 0.4) is 0 Å². The third kappa shape index (κ3) is 4.33. The van der Waals surface area contributed by atoms with Gasteiger partial charge in [-0.25, -0.2) is 4.98 Å². The van der Waals surface area contributed by atoms with Crippen LogP contribution in [0.25, 0.3) is 22.6 Å². The molecule has 0 atom stereocenters. The third-order valence-electron chi connectivity index (χ3n) is 7.11. The molecule has 0 saturated carbocycles. The van der Waals surface area contributed by atoms with Crippen molar-refractivity contribution < 1.29 is 4.79 Å². The summed E-state index contributed by atoms with van der Waals surface area (Å²) in [6.07, 6.45) is 6.41. The lowest BCUT2D eigenvalue weighted by atomic mass is 10.0. The van der Waals surface area contributed by atoms with Crippen LogP contribution < -0.4 is 16.0 Å². The summed E-state index contributed by atoms with van der Waals surface area (Å²) in [4.78, 5) is 19.0. The molecule has 1 fully saturated rings. The van der Waals surface area contributed by atoms with E-state index in [2.05, 4.69) is 79.3 Å². The van der Waals surface area contributed by atoms with Crippen molar-refractivity contribution in [2.75, 3.05) is 31.5 Å². The van der Waals surface area contributed by atoms with Crippen LogP contribution in [-0.4, -0.2) is 46.4 Å². The molecule has 7 heteroatoms. The Morgan fingerprint density at radius 2 is 1.89 bits per heavy atom. The number of rotatable bonds is 8. The quantitative estimate of drug-likeness (QED) is 0.344. The molecular formula is C29H30N6O. The van der Waals surface area contributed by atoms with E-state index >= 15 is 0 Å². The zero-order valence-corrected chi connectivity index (χ0v) is 20.3. The minimum Gasteiger partial charge on any atom is -0.384 e. The number of imidazole rings is 1. The fourth-order valence-corrected chi connectivity index (χ4v) is 5.12. The molecule has 0 aliphatic carbocycles. The van der Waals surface area contributed by atoms with Crippen LogP contribution in [0, 0.1) is 0 Å². The molecule has 2 aliphatic heterocycles. The number of carbonyl (C=O) groups excluding carboxylic acids is 1. The van der Waals surface area contributed by atoms with Gasteiger partial charge >= 0.3 is 0 Å². The largest absolute Gasteiger partial charge is 0.384 e. The predicted molar refractivity (Wildman–Crippen MR) is 144 cm³/mol. The molecule has 4 heterocycles. The first-order valence-electron chi connectivity index (χ1n) is 12.6. The van der Waals surface area contributed by atoms with Gasteiger partial charge < -0.3 is 20.9 Å². The summed E-state index contributed by atoms with van der Waals surface area (Å²) in [5.41, 5.74) is 8.67. The maximum atomic E-state index is 11.9. The van der Waals surface area contributed by atoms with E-state index in [0.717, 1.165) is 63.8 Å². The minimum absolute atomic E-state index is 0.00340. The molecule has 1 saturated heterocycles. The predicted octanol–water partition coefficient (Wildman–Crippen LogP) is 4.64. The van der Waals surface area contributed by atoms with Crippen molar-refractivity contribution in [2.45, 2.75) is 19.4 Å². The highest BCUT2D eigenvalue weighted by molar-refractivity contribution is 5.99. The summed E-state index contributed by atoms with van der Waals surface area (Å²) < 4.78 is 2.08. The fourth-order valence-electron chi connectivity index (χ4n) is 5.12. The van der Waals surface area contributed by atoms with E-state index in [0.29, 0.717) is 6.54 Å². The zero-order valence-electron chi connectivity index (χ0n) is 20.3. The maximum absolute atomic E-state index is 11.9. The van der Waals surface area contributed by atoms with E-state index in [1.807, 2.05) is 24.5 Å². The van der Waals surface area contributed by atoms with Crippen LogP contribution in [0.5, 0.6) is 0 Å². The summed E-state index contributed by atoms with van der Waals surface area (Å²) in [6.45, 7) is 9.20. The van der Waals surface area contributed by atoms with E-state index < -0.39 is 0 Å². The highest BCUT2D eigenvalue weighted by Crippen LogP contribution is 2.30. The molecule has 1 amide bonds. The number of aromatic nitrogens is 2. The van der Waals surface area contributed by atoms with Gasteiger partial charge in [0.1, 0.15) is 0 Å². The summed E-state index contributed by atoms with van der Waals surface area (Å²) in [7, 11) is 0. The fraction of sp³-hybridized carbons (Fsp3) is 0.241. The number of hydrogen-bond donors (Lipinski definition) is 3. The van der Waals surface area contributed by atoms with Gasteiger partial charge in [0.05, 0.1) is 11.4 Å². The van der Waals surface area contributed by atoms with Crippen molar-refractivity contribution in [3.05, 3.63) is 90.3 Å². The van der Waals surface area contributed by atoms with E-state index in [1.54, 1.807) is 0 Å². The van der Waals surface area contributed by atoms with Gasteiger partial charge in [-0.3, -0.25) is 9.20 Å². The first-order valence-corrected chi connectivity index (χ1v) is 12.6. The van der Waals surface area contributed by atoms with Gasteiger partial charge in [0, 0.05) is 49.0 Å². The SMILES string of the molecule is C=C(NCCN1CCCC1)c1ccc(Nc2ccc(-c3ccc4c(c3)CNC4=O)n3ccnc23)cc1. The first kappa shape index (κ1) is 22.4. The van der Waals surface area contributed by atoms with E-state index in [4.69, 9.17) is 0 Å². The number of hydrogen-bond acceptors (Lipinski definition) is 5. The first-order chi connectivity index (χ1) is 17.7. The van der Waals surface area contributed by atoms with Crippen LogP contribution in [-0.2, 0) is 6.54 Å². The van der Waals surface area contributed by atoms with Crippen LogP contribution in [0.2, 0.25) is 0 Å². The number of benzene rings is 2. The monoisotopic (exact) mass is 478 g/mol. The topological polar surface area (TPSA) is 73.7 Å². The molecule has 36 heavy (non-hydrogen) atoms. The second kappa shape index (κ2) is 9.51. The van der Waals surface area contributed by atoms with Crippen molar-refractivity contribution in [2.24, 2.45) is 0 Å². The zero-order chi connectivity index (χ0) is 24.5. The highest BCUT2D eigenvalue weighted by atomic mass is 16.1. The minimum atomic E-state index is -0.00340. The number of likely N-dealkylation sites (tertiary alicyclic amines) is 1. The Morgan fingerprint density at radius 1 is 1.06 bits per heavy atom. The Labute approximate surface area is 210 Å². The Hall–Kier alpha value is -4.10. The van der Waals surface area contributed by atoms with Crippen molar-refractivity contribution in [3.63, 3.8) is 0 Å². The molecule has 2 aromatic carbocycles. The summed E-state index contributed by atoms with van der Waals surface area (Å²) in [6, 6.07) is 18.4. The van der Waals surface area contributed by atoms with Gasteiger partial charge in [0.15, 0.2) is 5.65 Å². The molecule has 0 unspecified atom stereocenters. The van der Waals surface area contributed by atoms with Gasteiger partial charge in [0.2, 0.25) is 0 Å². The molecule has 182 valence electrons. The van der Waals surface area contributed by atoms with Gasteiger partial charge in [-0.15, -0.1) is 0 Å². The molecule has 6 rings (SSSR count). The van der Waals surface area contributed by atoms with Gasteiger partial charge in [-0.05, 0) is 79.0 Å². The highest BCUT2D eigenvalue weighted by Gasteiger charge is 2.19. The van der Waals surface area contributed by atoms with Crippen molar-refractivity contribution in [1.82, 2.24) is 24.9 Å². The van der Waals surface area contributed by atoms with Gasteiger partial charge in [-0.1, -0.05) is 24.8 Å². The number of pyridine rings is 1. The lowest BCUT2D eigenvalue weighted by Gasteiger charge is -2.17. The Morgan fingerprint density at radius 3 is 2.72 bits per heavy atom. The summed E-state index contributed by atoms with van der Waals surface area (Å²) in [5.74, 6) is -0.00340. The molecular weight excluding hydrogens is 448 g/mol. The van der Waals surface area contributed by atoms with Gasteiger partial charge in [0.25, 0.3) is 5.91 Å². The molecule has 0 spiro atoms. The average molecular weight is 479 g/mol. The number of carbonyl (C=O) groups is 1. The Balaban J connectivity index is 1.16. The van der Waals surface area contributed by atoms with Crippen LogP contribution in [0.4, 0.5) is 11.4 Å². The van der Waals surface area contributed by atoms with Gasteiger partial charge in [-0.2, -0.15) is 0 Å². The maximum Gasteiger partial charge on any atom is 0.251 e. The average Bonchev–Trinajstić information content (AvgIpc) is 3.67. The second-order valence-electron chi connectivity index (χ2n) is 9.46. The van der Waals surface area contributed by atoms with Crippen molar-refractivity contribution in [1.29, 1.82) is 0 Å². The number of amides is 1. The van der Waals surface area contributed by atoms with E-state index in [-0.39, 0.29) is 5.91 Å². The molecule has 4 aromatic rings. The molecule has 2 aliphatic rings. The Kier molecular flexibility index (Phi) is 5.91. The smallest absolute Gasteiger partial charge is 0.251 e. The summed E-state index contributed by atoms with van der Waals surface area (Å²) >= 11 is 0. The van der Waals surface area contributed by atoms with E-state index in [9.17, 15) is 4.79 Å². The van der Waals surface area contributed by atoms with E-state index in [1.165, 1.54) is 25.9 Å². The molecule has 3 N–H and O–H groups in total. The molecule has 0 radical (unpaired) electrons. The number of nitrogens with one attached hydrogen (secondary N) is 3. The number of nitrogens with zero attached hydrogens (tertiary/aromatic N) is 3. The van der Waals surface area contributed by atoms with Crippen molar-refractivity contribution >= 4 is 28.6 Å². The van der Waals surface area contributed by atoms with Crippen molar-refractivity contribution in [3.8, 4) is 11.3 Å². The third-order valence-corrected chi connectivity index (χ3v) is 7.11. The lowest BCUT2D eigenvalue weighted by molar-refractivity contribution is 0.0965. The summed E-state index contributed by atoms with van der Waals surface area (Å²) in [5, 5.41) is 9.86. The van der Waals surface area contributed by atoms with Crippen LogP contribution in [0.1, 0.15) is 34.3 Å². The number of anilines is 2. The number of fused-ring (bicyclic) bond motifs is 2. The molecule has 2 aromatic heterocycles. The molecule has 0 bridgehead atoms. The van der Waals surface area contributed by atoms with Crippen LogP contribution >= 0.6 is 0 Å². The lowest BCUT2D eigenvalue weighted by Crippen LogP contribution is -2.29. The Bertz CT molecular complexity index is 1430. The second-order valence-corrected chi connectivity index (χ2v) is 9.46. The molecule has 7 nitrogen and oxygen atoms in total.